The molecule has 0 aliphatic rings. The maximum atomic E-state index is 12.7. The summed E-state index contributed by atoms with van der Waals surface area (Å²) >= 11 is 0. The van der Waals surface area contributed by atoms with E-state index in [-0.39, 0.29) is 29.6 Å². The van der Waals surface area contributed by atoms with Gasteiger partial charge in [-0.15, -0.1) is 0 Å². The van der Waals surface area contributed by atoms with Gasteiger partial charge in [-0.05, 0) is 31.9 Å². The third-order valence-corrected chi connectivity index (χ3v) is 4.49. The number of pyridine rings is 2. The van der Waals surface area contributed by atoms with Crippen LogP contribution in [-0.2, 0) is 6.54 Å². The summed E-state index contributed by atoms with van der Waals surface area (Å²) in [6.45, 7) is 8.19. The van der Waals surface area contributed by atoms with Gasteiger partial charge in [-0.3, -0.25) is 9.59 Å². The molecule has 0 aliphatic heterocycles. The van der Waals surface area contributed by atoms with Gasteiger partial charge in [0.2, 0.25) is 5.43 Å². The van der Waals surface area contributed by atoms with Crippen molar-refractivity contribution in [2.45, 2.75) is 46.7 Å². The molecule has 0 aliphatic carbocycles. The van der Waals surface area contributed by atoms with Crippen LogP contribution in [0.25, 0.3) is 11.0 Å². The summed E-state index contributed by atoms with van der Waals surface area (Å²) in [5, 5.41) is 12.7. The number of hydrogen-bond acceptors (Lipinski definition) is 4. The summed E-state index contributed by atoms with van der Waals surface area (Å²) in [7, 11) is 0. The number of aryl methyl sites for hydroxylation is 2. The molecule has 0 bridgehead atoms. The molecule has 0 fully saturated rings. The maximum Gasteiger partial charge on any atom is 0.257 e. The van der Waals surface area contributed by atoms with E-state index >= 15 is 0 Å². The largest absolute Gasteiger partial charge is 0.394 e. The van der Waals surface area contributed by atoms with Crippen molar-refractivity contribution in [3.8, 4) is 0 Å². The van der Waals surface area contributed by atoms with E-state index < -0.39 is 5.91 Å². The lowest BCUT2D eigenvalue weighted by molar-refractivity contribution is 0.0890. The minimum absolute atomic E-state index is 0.0803. The lowest BCUT2D eigenvalue weighted by atomic mass is 9.99. The first-order valence-corrected chi connectivity index (χ1v) is 8.35. The van der Waals surface area contributed by atoms with E-state index in [1.165, 1.54) is 0 Å². The summed E-state index contributed by atoms with van der Waals surface area (Å²) in [5.74, 6) is -0.332. The Morgan fingerprint density at radius 2 is 2.08 bits per heavy atom. The average molecular weight is 331 g/mol. The van der Waals surface area contributed by atoms with E-state index in [1.54, 1.807) is 22.9 Å². The highest BCUT2D eigenvalue weighted by Crippen LogP contribution is 2.12. The fraction of sp³-hybridized carbons (Fsp3) is 0.500. The second kappa shape index (κ2) is 7.57. The molecule has 0 saturated heterocycles. The Labute approximate surface area is 141 Å². The summed E-state index contributed by atoms with van der Waals surface area (Å²) in [4.78, 5) is 29.7. The van der Waals surface area contributed by atoms with Gasteiger partial charge >= 0.3 is 0 Å². The first kappa shape index (κ1) is 18.1. The molecular formula is C18H25N3O3. The van der Waals surface area contributed by atoms with Crippen LogP contribution in [0.5, 0.6) is 0 Å². The van der Waals surface area contributed by atoms with E-state index in [1.807, 2.05) is 27.7 Å². The van der Waals surface area contributed by atoms with Crippen LogP contribution >= 0.6 is 0 Å². The molecular weight excluding hydrogens is 306 g/mol. The Kier molecular flexibility index (Phi) is 5.72. The molecule has 0 aromatic carbocycles. The molecule has 2 heterocycles. The summed E-state index contributed by atoms with van der Waals surface area (Å²) in [6.07, 6.45) is 2.38. The SMILES string of the molecule is CC[C@H](C)[C@@H](CO)NC(=O)c1cn(CC)c2nc(C)ccc2c1=O. The number of carbonyl (C=O) groups excluding carboxylic acids is 1. The predicted molar refractivity (Wildman–Crippen MR) is 94.2 cm³/mol. The van der Waals surface area contributed by atoms with Crippen LogP contribution in [0.3, 0.4) is 0 Å². The quantitative estimate of drug-likeness (QED) is 0.846. The lowest BCUT2D eigenvalue weighted by Gasteiger charge is -2.22. The molecule has 2 aromatic rings. The third-order valence-electron chi connectivity index (χ3n) is 4.49. The van der Waals surface area contributed by atoms with Crippen molar-refractivity contribution in [1.29, 1.82) is 0 Å². The van der Waals surface area contributed by atoms with Gasteiger partial charge in [0.25, 0.3) is 5.91 Å². The van der Waals surface area contributed by atoms with Crippen LogP contribution in [0, 0.1) is 12.8 Å². The molecule has 24 heavy (non-hydrogen) atoms. The molecule has 2 aromatic heterocycles. The Hall–Kier alpha value is -2.21. The van der Waals surface area contributed by atoms with Crippen LogP contribution in [-0.4, -0.2) is 33.2 Å². The van der Waals surface area contributed by atoms with Crippen molar-refractivity contribution in [1.82, 2.24) is 14.9 Å². The number of amides is 1. The Bertz CT molecular complexity index is 798. The van der Waals surface area contributed by atoms with Crippen LogP contribution in [0.1, 0.15) is 43.2 Å². The Balaban J connectivity index is 2.49. The zero-order chi connectivity index (χ0) is 17.9. The van der Waals surface area contributed by atoms with E-state index in [4.69, 9.17) is 0 Å². The predicted octanol–water partition coefficient (Wildman–Crippen LogP) is 1.86. The van der Waals surface area contributed by atoms with Crippen LogP contribution in [0.2, 0.25) is 0 Å². The first-order chi connectivity index (χ1) is 11.4. The minimum Gasteiger partial charge on any atom is -0.394 e. The molecule has 0 unspecified atom stereocenters. The van der Waals surface area contributed by atoms with Gasteiger partial charge in [0.15, 0.2) is 0 Å². The zero-order valence-electron chi connectivity index (χ0n) is 14.7. The van der Waals surface area contributed by atoms with Gasteiger partial charge in [-0.1, -0.05) is 20.3 Å². The number of nitrogens with zero attached hydrogens (tertiary/aromatic N) is 2. The van der Waals surface area contributed by atoms with Gasteiger partial charge in [0.05, 0.1) is 18.0 Å². The molecule has 0 radical (unpaired) electrons. The summed E-state index contributed by atoms with van der Waals surface area (Å²) < 4.78 is 1.80. The maximum absolute atomic E-state index is 12.7. The fourth-order valence-electron chi connectivity index (χ4n) is 2.66. The lowest BCUT2D eigenvalue weighted by Crippen LogP contribution is -2.43. The van der Waals surface area contributed by atoms with Gasteiger partial charge in [-0.2, -0.15) is 0 Å². The van der Waals surface area contributed by atoms with E-state index in [0.29, 0.717) is 17.6 Å². The van der Waals surface area contributed by atoms with Crippen molar-refractivity contribution in [2.75, 3.05) is 6.61 Å². The highest BCUT2D eigenvalue weighted by Gasteiger charge is 2.21. The molecule has 6 heteroatoms. The molecule has 2 N–H and O–H groups in total. The van der Waals surface area contributed by atoms with Crippen LogP contribution in [0.4, 0.5) is 0 Å². The zero-order valence-corrected chi connectivity index (χ0v) is 14.7. The van der Waals surface area contributed by atoms with Gasteiger partial charge in [0.1, 0.15) is 11.2 Å². The number of aliphatic hydroxyl groups is 1. The number of hydrogen-bond donors (Lipinski definition) is 2. The molecule has 0 spiro atoms. The number of rotatable bonds is 6. The van der Waals surface area contributed by atoms with Crippen LogP contribution < -0.4 is 10.7 Å². The topological polar surface area (TPSA) is 84.2 Å². The van der Waals surface area contributed by atoms with Gasteiger partial charge < -0.3 is 15.0 Å². The van der Waals surface area contributed by atoms with Crippen molar-refractivity contribution in [2.24, 2.45) is 5.92 Å². The number of aliphatic hydroxyl groups excluding tert-OH is 1. The number of fused-ring (bicyclic) bond motifs is 1. The fourth-order valence-corrected chi connectivity index (χ4v) is 2.66. The van der Waals surface area contributed by atoms with E-state index in [2.05, 4.69) is 10.3 Å². The molecule has 6 nitrogen and oxygen atoms in total. The van der Waals surface area contributed by atoms with E-state index in [9.17, 15) is 14.7 Å². The molecule has 1 amide bonds. The minimum atomic E-state index is -0.455. The highest BCUT2D eigenvalue weighted by molar-refractivity contribution is 5.97. The molecule has 2 atom stereocenters. The van der Waals surface area contributed by atoms with Crippen molar-refractivity contribution in [3.05, 3.63) is 39.8 Å². The standard InChI is InChI=1S/C18H25N3O3/c1-5-11(3)15(10-22)20-18(24)14-9-21(6-2)17-13(16(14)23)8-7-12(4)19-17/h7-9,11,15,22H,5-6,10H2,1-4H3,(H,20,24)/t11-,15+/m0/s1. The first-order valence-electron chi connectivity index (χ1n) is 8.35. The van der Waals surface area contributed by atoms with Gasteiger partial charge in [0, 0.05) is 18.4 Å². The van der Waals surface area contributed by atoms with Crippen molar-refractivity contribution >= 4 is 16.9 Å². The monoisotopic (exact) mass is 331 g/mol. The van der Waals surface area contributed by atoms with Crippen molar-refractivity contribution in [3.63, 3.8) is 0 Å². The van der Waals surface area contributed by atoms with Crippen molar-refractivity contribution < 1.29 is 9.90 Å². The molecule has 0 saturated carbocycles. The third kappa shape index (κ3) is 3.48. The number of nitrogens with one attached hydrogen (secondary N) is 1. The molecule has 2 rings (SSSR count). The van der Waals surface area contributed by atoms with Gasteiger partial charge in [-0.25, -0.2) is 4.98 Å². The smallest absolute Gasteiger partial charge is 0.257 e. The van der Waals surface area contributed by atoms with E-state index in [0.717, 1.165) is 12.1 Å². The highest BCUT2D eigenvalue weighted by atomic mass is 16.3. The van der Waals surface area contributed by atoms with Crippen LogP contribution in [0.15, 0.2) is 23.1 Å². The summed E-state index contributed by atoms with van der Waals surface area (Å²) in [6, 6.07) is 3.10. The second-order valence-corrected chi connectivity index (χ2v) is 6.13. The molecule has 130 valence electrons. The average Bonchev–Trinajstić information content (AvgIpc) is 2.59. The normalized spacial score (nSPS) is 13.7. The number of carbonyl (C=O) groups is 1. The Morgan fingerprint density at radius 3 is 2.67 bits per heavy atom. The summed E-state index contributed by atoms with van der Waals surface area (Å²) in [5.41, 5.74) is 1.15. The second-order valence-electron chi connectivity index (χ2n) is 6.13. The Morgan fingerprint density at radius 1 is 1.38 bits per heavy atom. The number of aromatic nitrogens is 2.